The van der Waals surface area contributed by atoms with Crippen molar-refractivity contribution in [2.45, 2.75) is 24.9 Å². The fourth-order valence-corrected chi connectivity index (χ4v) is 2.31. The molecule has 0 spiro atoms. The number of rotatable bonds is 3. The minimum Gasteiger partial charge on any atom is -0.367 e. The van der Waals surface area contributed by atoms with E-state index in [0.29, 0.717) is 13.0 Å². The summed E-state index contributed by atoms with van der Waals surface area (Å²) in [6, 6.07) is 1.94. The second-order valence-electron chi connectivity index (χ2n) is 3.29. The third-order valence-electron chi connectivity index (χ3n) is 2.31. The van der Waals surface area contributed by atoms with E-state index in [1.54, 1.807) is 6.20 Å². The van der Waals surface area contributed by atoms with Crippen molar-refractivity contribution in [1.82, 2.24) is 4.37 Å². The van der Waals surface area contributed by atoms with Gasteiger partial charge in [0.1, 0.15) is 5.60 Å². The van der Waals surface area contributed by atoms with Crippen LogP contribution in [-0.2, 0) is 16.0 Å². The zero-order valence-electron chi connectivity index (χ0n) is 7.23. The zero-order chi connectivity index (χ0) is 9.15. The van der Waals surface area contributed by atoms with Gasteiger partial charge in [-0.2, -0.15) is 0 Å². The van der Waals surface area contributed by atoms with Gasteiger partial charge in [0.15, 0.2) is 6.29 Å². The lowest BCUT2D eigenvalue weighted by molar-refractivity contribution is -0.125. The van der Waals surface area contributed by atoms with Crippen LogP contribution >= 0.6 is 11.5 Å². The Hall–Kier alpha value is -0.740. The van der Waals surface area contributed by atoms with Crippen LogP contribution in [0.25, 0.3) is 0 Å². The fraction of sp³-hybridized carbons (Fsp3) is 0.556. The van der Waals surface area contributed by atoms with Crippen LogP contribution in [0, 0.1) is 0 Å². The highest BCUT2D eigenvalue weighted by atomic mass is 32.1. The predicted octanol–water partition coefficient (Wildman–Crippen LogP) is 1.43. The topological polar surface area (TPSA) is 39.2 Å². The summed E-state index contributed by atoms with van der Waals surface area (Å²) in [5, 5.41) is 0. The Morgan fingerprint density at radius 2 is 2.69 bits per heavy atom. The van der Waals surface area contributed by atoms with Gasteiger partial charge in [-0.3, -0.25) is 0 Å². The quantitative estimate of drug-likeness (QED) is 0.688. The number of carbonyl (C=O) groups is 1. The molecule has 1 atom stereocenters. The van der Waals surface area contributed by atoms with Crippen molar-refractivity contribution in [3.63, 3.8) is 0 Å². The van der Waals surface area contributed by atoms with Crippen molar-refractivity contribution in [1.29, 1.82) is 0 Å². The van der Waals surface area contributed by atoms with Crippen LogP contribution in [0.3, 0.4) is 0 Å². The molecule has 1 aromatic heterocycles. The Morgan fingerprint density at radius 1 is 1.77 bits per heavy atom. The average Bonchev–Trinajstić information content (AvgIpc) is 2.77. The van der Waals surface area contributed by atoms with E-state index < -0.39 is 5.60 Å². The molecule has 2 rings (SSSR count). The van der Waals surface area contributed by atoms with Crippen molar-refractivity contribution in [2.24, 2.45) is 0 Å². The minimum atomic E-state index is -0.549. The third-order valence-corrected chi connectivity index (χ3v) is 3.06. The maximum atomic E-state index is 10.9. The molecule has 1 saturated heterocycles. The highest BCUT2D eigenvalue weighted by Gasteiger charge is 2.35. The molecular formula is C9H11NO2S. The molecule has 2 heterocycles. The number of carbonyl (C=O) groups excluding carboxylic acids is 1. The molecule has 1 aromatic rings. The summed E-state index contributed by atoms with van der Waals surface area (Å²) in [5.74, 6) is 0. The second-order valence-corrected chi connectivity index (χ2v) is 4.21. The minimum absolute atomic E-state index is 0.549. The van der Waals surface area contributed by atoms with Gasteiger partial charge in [-0.1, -0.05) is 0 Å². The van der Waals surface area contributed by atoms with E-state index in [-0.39, 0.29) is 0 Å². The summed E-state index contributed by atoms with van der Waals surface area (Å²) >= 11 is 1.43. The molecule has 13 heavy (non-hydrogen) atoms. The van der Waals surface area contributed by atoms with Gasteiger partial charge in [0.2, 0.25) is 0 Å². The molecule has 1 fully saturated rings. The van der Waals surface area contributed by atoms with E-state index in [9.17, 15) is 4.79 Å². The van der Waals surface area contributed by atoms with E-state index >= 15 is 0 Å². The molecule has 1 aliphatic heterocycles. The van der Waals surface area contributed by atoms with Gasteiger partial charge in [-0.05, 0) is 30.4 Å². The van der Waals surface area contributed by atoms with Gasteiger partial charge in [-0.15, -0.1) is 0 Å². The van der Waals surface area contributed by atoms with Crippen LogP contribution in [0.15, 0.2) is 12.3 Å². The van der Waals surface area contributed by atoms with Crippen LogP contribution < -0.4 is 0 Å². The van der Waals surface area contributed by atoms with Gasteiger partial charge in [0.25, 0.3) is 0 Å². The number of hydrogen-bond acceptors (Lipinski definition) is 4. The number of nitrogens with zero attached hydrogens (tertiary/aromatic N) is 1. The smallest absolute Gasteiger partial charge is 0.152 e. The first-order chi connectivity index (χ1) is 6.35. The summed E-state index contributed by atoms with van der Waals surface area (Å²) < 4.78 is 9.47. The van der Waals surface area contributed by atoms with Gasteiger partial charge < -0.3 is 9.53 Å². The molecule has 0 aliphatic carbocycles. The SMILES string of the molecule is O=CC1(Cc2ccns2)CCCO1. The number of aromatic nitrogens is 1. The standard InChI is InChI=1S/C9H11NO2S/c11-7-9(3-1-5-12-9)6-8-2-4-10-13-8/h2,4,7H,1,3,5-6H2. The molecule has 3 nitrogen and oxygen atoms in total. The molecule has 70 valence electrons. The first kappa shape index (κ1) is 8.84. The summed E-state index contributed by atoms with van der Waals surface area (Å²) in [7, 11) is 0. The second kappa shape index (κ2) is 3.55. The van der Waals surface area contributed by atoms with Crippen LogP contribution in [0.1, 0.15) is 17.7 Å². The van der Waals surface area contributed by atoms with Gasteiger partial charge in [0.05, 0.1) is 0 Å². The molecule has 0 saturated carbocycles. The molecule has 0 N–H and O–H groups in total. The van der Waals surface area contributed by atoms with Gasteiger partial charge >= 0.3 is 0 Å². The largest absolute Gasteiger partial charge is 0.367 e. The van der Waals surface area contributed by atoms with Gasteiger partial charge in [-0.25, -0.2) is 4.37 Å². The van der Waals surface area contributed by atoms with E-state index in [2.05, 4.69) is 4.37 Å². The van der Waals surface area contributed by atoms with Gasteiger partial charge in [0, 0.05) is 24.1 Å². The maximum absolute atomic E-state index is 10.9. The van der Waals surface area contributed by atoms with Crippen molar-refractivity contribution >= 4 is 17.8 Å². The lowest BCUT2D eigenvalue weighted by Gasteiger charge is -2.19. The monoisotopic (exact) mass is 197 g/mol. The fourth-order valence-electron chi connectivity index (χ4n) is 1.62. The Bertz CT molecular complexity index is 278. The number of aldehydes is 1. The highest BCUT2D eigenvalue weighted by Crippen LogP contribution is 2.28. The van der Waals surface area contributed by atoms with E-state index in [1.165, 1.54) is 11.5 Å². The Labute approximate surface area is 80.9 Å². The lowest BCUT2D eigenvalue weighted by Crippen LogP contribution is -2.31. The molecule has 0 amide bonds. The zero-order valence-corrected chi connectivity index (χ0v) is 8.05. The Kier molecular flexibility index (Phi) is 2.42. The number of hydrogen-bond donors (Lipinski definition) is 0. The molecule has 0 bridgehead atoms. The summed E-state index contributed by atoms with van der Waals surface area (Å²) in [4.78, 5) is 12.0. The summed E-state index contributed by atoms with van der Waals surface area (Å²) in [5.41, 5.74) is -0.549. The average molecular weight is 197 g/mol. The van der Waals surface area contributed by atoms with Crippen LogP contribution in [-0.4, -0.2) is 22.9 Å². The van der Waals surface area contributed by atoms with E-state index in [4.69, 9.17) is 4.74 Å². The molecule has 1 aliphatic rings. The molecule has 4 heteroatoms. The highest BCUT2D eigenvalue weighted by molar-refractivity contribution is 7.05. The Balaban J connectivity index is 2.10. The molecule has 0 aromatic carbocycles. The third kappa shape index (κ3) is 1.78. The summed E-state index contributed by atoms with van der Waals surface area (Å²) in [6.45, 7) is 0.706. The van der Waals surface area contributed by atoms with E-state index in [0.717, 1.165) is 24.0 Å². The van der Waals surface area contributed by atoms with Crippen LogP contribution in [0.2, 0.25) is 0 Å². The van der Waals surface area contributed by atoms with Crippen molar-refractivity contribution in [3.05, 3.63) is 17.1 Å². The predicted molar refractivity (Wildman–Crippen MR) is 49.8 cm³/mol. The first-order valence-electron chi connectivity index (χ1n) is 4.34. The molecular weight excluding hydrogens is 186 g/mol. The van der Waals surface area contributed by atoms with Crippen molar-refractivity contribution in [3.8, 4) is 0 Å². The molecule has 0 radical (unpaired) electrons. The van der Waals surface area contributed by atoms with Crippen LogP contribution in [0.5, 0.6) is 0 Å². The van der Waals surface area contributed by atoms with Crippen LogP contribution in [0.4, 0.5) is 0 Å². The van der Waals surface area contributed by atoms with E-state index in [1.807, 2.05) is 6.07 Å². The number of ether oxygens (including phenoxy) is 1. The Morgan fingerprint density at radius 3 is 3.23 bits per heavy atom. The normalized spacial score (nSPS) is 27.7. The first-order valence-corrected chi connectivity index (χ1v) is 5.12. The lowest BCUT2D eigenvalue weighted by atomic mass is 9.97. The summed E-state index contributed by atoms with van der Waals surface area (Å²) in [6.07, 6.45) is 5.21. The maximum Gasteiger partial charge on any atom is 0.152 e. The molecule has 1 unspecified atom stereocenters. The van der Waals surface area contributed by atoms with Crippen molar-refractivity contribution in [2.75, 3.05) is 6.61 Å². The van der Waals surface area contributed by atoms with Crippen molar-refractivity contribution < 1.29 is 9.53 Å².